The number of carbonyl (C=O) groups is 1. The lowest BCUT2D eigenvalue weighted by Gasteiger charge is -2.31. The van der Waals surface area contributed by atoms with Crippen LogP contribution in [0.3, 0.4) is 0 Å². The van der Waals surface area contributed by atoms with E-state index in [0.717, 1.165) is 24.8 Å². The summed E-state index contributed by atoms with van der Waals surface area (Å²) < 4.78 is 32.8. The van der Waals surface area contributed by atoms with Crippen LogP contribution in [0.25, 0.3) is 0 Å². The molecule has 3 rings (SSSR count). The Morgan fingerprint density at radius 2 is 1.88 bits per heavy atom. The van der Waals surface area contributed by atoms with E-state index in [1.54, 1.807) is 23.1 Å². The second-order valence-corrected chi connectivity index (χ2v) is 8.81. The summed E-state index contributed by atoms with van der Waals surface area (Å²) in [5.74, 6) is -0.122. The number of hydrogen-bond donors (Lipinski definition) is 0. The summed E-state index contributed by atoms with van der Waals surface area (Å²) in [7, 11) is -3.54. The SMILES string of the molecule is Cc1ccc(S(=O)(=O)N2CCCCC2)cc1C(=O)N1CCOC(C)C1. The van der Waals surface area contributed by atoms with Crippen LogP contribution in [0.15, 0.2) is 23.1 Å². The van der Waals surface area contributed by atoms with Crippen LogP contribution >= 0.6 is 0 Å². The first-order valence-electron chi connectivity index (χ1n) is 8.91. The molecular formula is C18H26N2O4S. The summed E-state index contributed by atoms with van der Waals surface area (Å²) in [5, 5.41) is 0. The molecule has 1 unspecified atom stereocenters. The maximum Gasteiger partial charge on any atom is 0.254 e. The van der Waals surface area contributed by atoms with Crippen LogP contribution in [0.4, 0.5) is 0 Å². The lowest BCUT2D eigenvalue weighted by atomic mass is 10.1. The highest BCUT2D eigenvalue weighted by Gasteiger charge is 2.29. The Morgan fingerprint density at radius 1 is 1.16 bits per heavy atom. The summed E-state index contributed by atoms with van der Waals surface area (Å²) in [6.45, 7) is 6.46. The third kappa shape index (κ3) is 3.88. The normalized spacial score (nSPS) is 22.8. The molecule has 7 heteroatoms. The summed E-state index contributed by atoms with van der Waals surface area (Å²) in [6, 6.07) is 4.88. The minimum Gasteiger partial charge on any atom is -0.375 e. The minimum atomic E-state index is -3.54. The van der Waals surface area contributed by atoms with Gasteiger partial charge in [-0.25, -0.2) is 8.42 Å². The summed E-state index contributed by atoms with van der Waals surface area (Å²) in [5.41, 5.74) is 1.26. The maximum absolute atomic E-state index is 12.9. The van der Waals surface area contributed by atoms with Gasteiger partial charge < -0.3 is 9.64 Å². The number of amides is 1. The van der Waals surface area contributed by atoms with Gasteiger partial charge >= 0.3 is 0 Å². The van der Waals surface area contributed by atoms with Gasteiger partial charge in [0.05, 0.1) is 17.6 Å². The number of aryl methyl sites for hydroxylation is 1. The average Bonchev–Trinajstić information content (AvgIpc) is 2.62. The second-order valence-electron chi connectivity index (χ2n) is 6.87. The van der Waals surface area contributed by atoms with Crippen LogP contribution in [-0.4, -0.2) is 62.4 Å². The van der Waals surface area contributed by atoms with E-state index in [1.165, 1.54) is 4.31 Å². The van der Waals surface area contributed by atoms with Crippen molar-refractivity contribution in [1.82, 2.24) is 9.21 Å². The molecular weight excluding hydrogens is 340 g/mol. The van der Waals surface area contributed by atoms with Gasteiger partial charge in [-0.1, -0.05) is 12.5 Å². The van der Waals surface area contributed by atoms with Gasteiger partial charge in [-0.05, 0) is 44.4 Å². The number of ether oxygens (including phenoxy) is 1. The van der Waals surface area contributed by atoms with Crippen LogP contribution in [0.5, 0.6) is 0 Å². The topological polar surface area (TPSA) is 66.9 Å². The number of nitrogens with zero attached hydrogens (tertiary/aromatic N) is 2. The summed E-state index contributed by atoms with van der Waals surface area (Å²) >= 11 is 0. The van der Waals surface area contributed by atoms with Crippen LogP contribution < -0.4 is 0 Å². The predicted molar refractivity (Wildman–Crippen MR) is 95.1 cm³/mol. The molecule has 0 aromatic heterocycles. The van der Waals surface area contributed by atoms with Gasteiger partial charge in [-0.2, -0.15) is 4.31 Å². The lowest BCUT2D eigenvalue weighted by Crippen LogP contribution is -2.44. The van der Waals surface area contributed by atoms with Gasteiger partial charge in [0.1, 0.15) is 0 Å². The predicted octanol–water partition coefficient (Wildman–Crippen LogP) is 2.03. The Hall–Kier alpha value is -1.44. The Kier molecular flexibility index (Phi) is 5.46. The molecule has 0 saturated carbocycles. The molecule has 0 radical (unpaired) electrons. The number of hydrogen-bond acceptors (Lipinski definition) is 4. The summed E-state index contributed by atoms with van der Waals surface area (Å²) in [4.78, 5) is 14.8. The Labute approximate surface area is 149 Å². The van der Waals surface area contributed by atoms with E-state index in [9.17, 15) is 13.2 Å². The second kappa shape index (κ2) is 7.43. The van der Waals surface area contributed by atoms with Crippen molar-refractivity contribution in [3.8, 4) is 0 Å². The van der Waals surface area contributed by atoms with E-state index in [1.807, 2.05) is 13.8 Å². The van der Waals surface area contributed by atoms with Crippen molar-refractivity contribution < 1.29 is 17.9 Å². The number of rotatable bonds is 3. The van der Waals surface area contributed by atoms with Gasteiger partial charge in [0.15, 0.2) is 0 Å². The Balaban J connectivity index is 1.88. The van der Waals surface area contributed by atoms with Crippen LogP contribution in [0, 0.1) is 6.92 Å². The fourth-order valence-corrected chi connectivity index (χ4v) is 4.96. The molecule has 0 spiro atoms. The molecule has 0 N–H and O–H groups in total. The van der Waals surface area contributed by atoms with Gasteiger partial charge in [-0.15, -0.1) is 0 Å². The van der Waals surface area contributed by atoms with Crippen molar-refractivity contribution in [2.45, 2.75) is 44.1 Å². The van der Waals surface area contributed by atoms with Crippen molar-refractivity contribution in [3.05, 3.63) is 29.3 Å². The number of benzene rings is 1. The van der Waals surface area contributed by atoms with Gasteiger partial charge in [0.25, 0.3) is 5.91 Å². The molecule has 6 nitrogen and oxygen atoms in total. The third-order valence-corrected chi connectivity index (χ3v) is 6.82. The Bertz CT molecular complexity index is 741. The van der Waals surface area contributed by atoms with Gasteiger partial charge in [-0.3, -0.25) is 4.79 Å². The molecule has 0 aliphatic carbocycles. The van der Waals surface area contributed by atoms with E-state index < -0.39 is 10.0 Å². The van der Waals surface area contributed by atoms with Gasteiger partial charge in [0.2, 0.25) is 10.0 Å². The standard InChI is InChI=1S/C18H26N2O4S/c1-14-6-7-16(25(22,23)20-8-4-3-5-9-20)12-17(14)18(21)19-10-11-24-15(2)13-19/h6-7,12,15H,3-5,8-11,13H2,1-2H3. The molecule has 138 valence electrons. The van der Waals surface area contributed by atoms with Crippen molar-refractivity contribution in [1.29, 1.82) is 0 Å². The molecule has 2 heterocycles. The highest BCUT2D eigenvalue weighted by atomic mass is 32.2. The quantitative estimate of drug-likeness (QED) is 0.821. The van der Waals surface area contributed by atoms with Crippen molar-refractivity contribution in [2.75, 3.05) is 32.8 Å². The minimum absolute atomic E-state index is 0.00160. The molecule has 2 aliphatic rings. The average molecular weight is 366 g/mol. The number of piperidine rings is 1. The monoisotopic (exact) mass is 366 g/mol. The zero-order chi connectivity index (χ0) is 18.0. The number of sulfonamides is 1. The fourth-order valence-electron chi connectivity index (χ4n) is 3.42. The molecule has 1 aromatic carbocycles. The van der Waals surface area contributed by atoms with Crippen LogP contribution in [0.2, 0.25) is 0 Å². The zero-order valence-electron chi connectivity index (χ0n) is 14.9. The van der Waals surface area contributed by atoms with Crippen LogP contribution in [-0.2, 0) is 14.8 Å². The first-order chi connectivity index (χ1) is 11.9. The molecule has 2 fully saturated rings. The van der Waals surface area contributed by atoms with E-state index >= 15 is 0 Å². The molecule has 2 saturated heterocycles. The van der Waals surface area contributed by atoms with Crippen molar-refractivity contribution in [3.63, 3.8) is 0 Å². The molecule has 0 bridgehead atoms. The molecule has 25 heavy (non-hydrogen) atoms. The smallest absolute Gasteiger partial charge is 0.254 e. The maximum atomic E-state index is 12.9. The largest absolute Gasteiger partial charge is 0.375 e. The zero-order valence-corrected chi connectivity index (χ0v) is 15.7. The number of morpholine rings is 1. The van der Waals surface area contributed by atoms with E-state index in [-0.39, 0.29) is 16.9 Å². The van der Waals surface area contributed by atoms with Crippen molar-refractivity contribution >= 4 is 15.9 Å². The highest BCUT2D eigenvalue weighted by Crippen LogP contribution is 2.24. The first kappa shape index (κ1) is 18.4. The van der Waals surface area contributed by atoms with E-state index in [2.05, 4.69) is 0 Å². The molecule has 1 amide bonds. The van der Waals surface area contributed by atoms with Crippen molar-refractivity contribution in [2.24, 2.45) is 0 Å². The summed E-state index contributed by atoms with van der Waals surface area (Å²) in [6.07, 6.45) is 2.85. The third-order valence-electron chi connectivity index (χ3n) is 4.92. The van der Waals surface area contributed by atoms with Gasteiger partial charge in [0, 0.05) is 31.7 Å². The lowest BCUT2D eigenvalue weighted by molar-refractivity contribution is -0.0124. The van der Waals surface area contributed by atoms with E-state index in [4.69, 9.17) is 4.74 Å². The van der Waals surface area contributed by atoms with E-state index in [0.29, 0.717) is 38.3 Å². The molecule has 1 aromatic rings. The highest BCUT2D eigenvalue weighted by molar-refractivity contribution is 7.89. The molecule has 1 atom stereocenters. The fraction of sp³-hybridized carbons (Fsp3) is 0.611. The van der Waals surface area contributed by atoms with Crippen LogP contribution in [0.1, 0.15) is 42.1 Å². The first-order valence-corrected chi connectivity index (χ1v) is 10.4. The Morgan fingerprint density at radius 3 is 2.56 bits per heavy atom. The number of carbonyl (C=O) groups excluding carboxylic acids is 1. The molecule has 2 aliphatic heterocycles.